The molecule has 0 saturated heterocycles. The van der Waals surface area contributed by atoms with Gasteiger partial charge in [-0.1, -0.05) is 48.0 Å². The zero-order valence-corrected chi connectivity index (χ0v) is 11.1. The third-order valence-electron chi connectivity index (χ3n) is 2.90. The lowest BCUT2D eigenvalue weighted by molar-refractivity contribution is 1.01. The van der Waals surface area contributed by atoms with E-state index in [2.05, 4.69) is 48.4 Å². The van der Waals surface area contributed by atoms with Crippen molar-refractivity contribution in [1.29, 1.82) is 0 Å². The van der Waals surface area contributed by atoms with Crippen LogP contribution in [0, 0.1) is 6.92 Å². The maximum Gasteiger partial charge on any atom is 0.0650 e. The molecule has 0 N–H and O–H groups in total. The fourth-order valence-electron chi connectivity index (χ4n) is 1.78. The molecule has 2 heteroatoms. The zero-order chi connectivity index (χ0) is 13.0. The highest BCUT2D eigenvalue weighted by molar-refractivity contribution is 5.99. The van der Waals surface area contributed by atoms with Gasteiger partial charge in [0, 0.05) is 7.05 Å². The Morgan fingerprint density at radius 3 is 2.17 bits per heavy atom. The molecule has 0 aliphatic heterocycles. The maximum absolute atomic E-state index is 4.60. The normalized spacial score (nSPS) is 11.4. The van der Waals surface area contributed by atoms with Crippen molar-refractivity contribution >= 4 is 11.4 Å². The van der Waals surface area contributed by atoms with Gasteiger partial charge in [0.05, 0.1) is 11.4 Å². The van der Waals surface area contributed by atoms with Gasteiger partial charge >= 0.3 is 0 Å². The first-order valence-corrected chi connectivity index (χ1v) is 6.08. The van der Waals surface area contributed by atoms with Crippen LogP contribution in [0.15, 0.2) is 59.7 Å². The van der Waals surface area contributed by atoms with E-state index in [-0.39, 0.29) is 0 Å². The summed E-state index contributed by atoms with van der Waals surface area (Å²) in [5.41, 5.74) is 4.52. The van der Waals surface area contributed by atoms with Crippen LogP contribution in [0.5, 0.6) is 0 Å². The first-order valence-electron chi connectivity index (χ1n) is 6.08. The molecular weight excluding hydrogens is 220 g/mol. The number of anilines is 1. The topological polar surface area (TPSA) is 15.6 Å². The molecule has 0 atom stereocenters. The van der Waals surface area contributed by atoms with Crippen LogP contribution < -0.4 is 5.01 Å². The Balaban J connectivity index is 2.20. The predicted octanol–water partition coefficient (Wildman–Crippen LogP) is 3.86. The first-order chi connectivity index (χ1) is 8.66. The molecule has 18 heavy (non-hydrogen) atoms. The Kier molecular flexibility index (Phi) is 3.78. The van der Waals surface area contributed by atoms with Crippen LogP contribution in [0.4, 0.5) is 5.69 Å². The van der Waals surface area contributed by atoms with E-state index < -0.39 is 0 Å². The highest BCUT2D eigenvalue weighted by Gasteiger charge is 2.01. The standard InChI is InChI=1S/C16H18N2/c1-13-9-11-16(12-10-13)18(3)17-14(2)15-7-5-4-6-8-15/h4-12H,1-3H3. The van der Waals surface area contributed by atoms with Gasteiger partial charge in [0.2, 0.25) is 0 Å². The summed E-state index contributed by atoms with van der Waals surface area (Å²) < 4.78 is 0. The Morgan fingerprint density at radius 2 is 1.56 bits per heavy atom. The largest absolute Gasteiger partial charge is 0.268 e. The Bertz CT molecular complexity index is 527. The Hall–Kier alpha value is -2.09. The second kappa shape index (κ2) is 5.50. The number of nitrogens with zero attached hydrogens (tertiary/aromatic N) is 2. The summed E-state index contributed by atoms with van der Waals surface area (Å²) in [6.07, 6.45) is 0. The number of hydrazone groups is 1. The lowest BCUT2D eigenvalue weighted by Crippen LogP contribution is -2.12. The zero-order valence-electron chi connectivity index (χ0n) is 11.1. The van der Waals surface area contributed by atoms with E-state index in [9.17, 15) is 0 Å². The van der Waals surface area contributed by atoms with Crippen LogP contribution in [0.1, 0.15) is 18.1 Å². The van der Waals surface area contributed by atoms with Crippen LogP contribution >= 0.6 is 0 Å². The average Bonchev–Trinajstić information content (AvgIpc) is 2.40. The number of hydrogen-bond donors (Lipinski definition) is 0. The van der Waals surface area contributed by atoms with Crippen molar-refractivity contribution in [2.75, 3.05) is 12.1 Å². The molecule has 2 nitrogen and oxygen atoms in total. The van der Waals surface area contributed by atoms with Gasteiger partial charge in [-0.3, -0.25) is 5.01 Å². The second-order valence-corrected chi connectivity index (χ2v) is 4.41. The van der Waals surface area contributed by atoms with Crippen molar-refractivity contribution in [2.45, 2.75) is 13.8 Å². The first kappa shape index (κ1) is 12.4. The van der Waals surface area contributed by atoms with E-state index in [4.69, 9.17) is 0 Å². The van der Waals surface area contributed by atoms with Crippen molar-refractivity contribution in [2.24, 2.45) is 5.10 Å². The van der Waals surface area contributed by atoms with Gasteiger partial charge in [0.15, 0.2) is 0 Å². The molecular formula is C16H18N2. The summed E-state index contributed by atoms with van der Waals surface area (Å²) in [4.78, 5) is 0. The van der Waals surface area contributed by atoms with E-state index >= 15 is 0 Å². The SMILES string of the molecule is CC(=NN(C)c1ccc(C)cc1)c1ccccc1. The van der Waals surface area contributed by atoms with E-state index in [0.717, 1.165) is 17.0 Å². The molecule has 0 saturated carbocycles. The molecule has 2 aromatic carbocycles. The summed E-state index contributed by atoms with van der Waals surface area (Å²) in [5, 5.41) is 6.50. The summed E-state index contributed by atoms with van der Waals surface area (Å²) >= 11 is 0. The van der Waals surface area contributed by atoms with Gasteiger partial charge in [0.25, 0.3) is 0 Å². The summed E-state index contributed by atoms with van der Waals surface area (Å²) in [6, 6.07) is 18.6. The molecule has 2 aromatic rings. The van der Waals surface area contributed by atoms with Gasteiger partial charge in [-0.05, 0) is 31.5 Å². The number of benzene rings is 2. The summed E-state index contributed by atoms with van der Waals surface area (Å²) in [7, 11) is 1.97. The number of hydrogen-bond acceptors (Lipinski definition) is 2. The van der Waals surface area contributed by atoms with Gasteiger partial charge in [-0.25, -0.2) is 0 Å². The molecule has 0 spiro atoms. The highest BCUT2D eigenvalue weighted by Crippen LogP contribution is 2.14. The quantitative estimate of drug-likeness (QED) is 0.585. The van der Waals surface area contributed by atoms with Crippen LogP contribution in [0.25, 0.3) is 0 Å². The van der Waals surface area contributed by atoms with Crippen LogP contribution in [-0.2, 0) is 0 Å². The lowest BCUT2D eigenvalue weighted by atomic mass is 10.1. The van der Waals surface area contributed by atoms with Crippen LogP contribution in [0.3, 0.4) is 0 Å². The Labute approximate surface area is 109 Å². The van der Waals surface area contributed by atoms with Crippen molar-refractivity contribution in [3.05, 3.63) is 65.7 Å². The minimum absolute atomic E-state index is 1.01. The molecule has 0 radical (unpaired) electrons. The van der Waals surface area contributed by atoms with E-state index in [1.807, 2.05) is 37.2 Å². The van der Waals surface area contributed by atoms with Crippen molar-refractivity contribution in [3.63, 3.8) is 0 Å². The number of aryl methyl sites for hydroxylation is 1. The smallest absolute Gasteiger partial charge is 0.0650 e. The summed E-state index contributed by atoms with van der Waals surface area (Å²) in [5.74, 6) is 0. The third-order valence-corrected chi connectivity index (χ3v) is 2.90. The number of rotatable bonds is 3. The molecule has 0 fully saturated rings. The molecule has 2 rings (SSSR count). The van der Waals surface area contributed by atoms with Gasteiger partial charge in [-0.15, -0.1) is 0 Å². The van der Waals surface area contributed by atoms with E-state index in [1.54, 1.807) is 0 Å². The summed E-state index contributed by atoms with van der Waals surface area (Å²) in [6.45, 7) is 4.11. The van der Waals surface area contributed by atoms with Crippen LogP contribution in [0.2, 0.25) is 0 Å². The maximum atomic E-state index is 4.60. The van der Waals surface area contributed by atoms with Gasteiger partial charge in [0.1, 0.15) is 0 Å². The third kappa shape index (κ3) is 2.98. The highest BCUT2D eigenvalue weighted by atomic mass is 15.4. The molecule has 92 valence electrons. The van der Waals surface area contributed by atoms with Crippen molar-refractivity contribution < 1.29 is 0 Å². The molecule has 0 aromatic heterocycles. The Morgan fingerprint density at radius 1 is 0.944 bits per heavy atom. The van der Waals surface area contributed by atoms with E-state index in [1.165, 1.54) is 5.56 Å². The van der Waals surface area contributed by atoms with Crippen molar-refractivity contribution in [1.82, 2.24) is 0 Å². The fraction of sp³-hybridized carbons (Fsp3) is 0.188. The van der Waals surface area contributed by atoms with Gasteiger partial charge < -0.3 is 0 Å². The minimum atomic E-state index is 1.01. The molecule has 0 aliphatic rings. The van der Waals surface area contributed by atoms with E-state index in [0.29, 0.717) is 0 Å². The van der Waals surface area contributed by atoms with Gasteiger partial charge in [-0.2, -0.15) is 5.10 Å². The second-order valence-electron chi connectivity index (χ2n) is 4.41. The molecule has 0 unspecified atom stereocenters. The monoisotopic (exact) mass is 238 g/mol. The molecule has 0 heterocycles. The fourth-order valence-corrected chi connectivity index (χ4v) is 1.78. The lowest BCUT2D eigenvalue weighted by Gasteiger charge is -2.14. The van der Waals surface area contributed by atoms with Crippen LogP contribution in [-0.4, -0.2) is 12.8 Å². The molecule has 0 amide bonds. The predicted molar refractivity (Wildman–Crippen MR) is 78.2 cm³/mol. The molecule has 0 aliphatic carbocycles. The average molecular weight is 238 g/mol. The van der Waals surface area contributed by atoms with Crippen molar-refractivity contribution in [3.8, 4) is 0 Å². The minimum Gasteiger partial charge on any atom is -0.268 e. The molecule has 0 bridgehead atoms.